The van der Waals surface area contributed by atoms with Crippen molar-refractivity contribution in [3.05, 3.63) is 52.8 Å². The molecule has 0 radical (unpaired) electrons. The second-order valence-corrected chi connectivity index (χ2v) is 8.24. The number of nitrogens with one attached hydrogen (secondary N) is 1. The maximum atomic E-state index is 12.3. The number of benzene rings is 1. The predicted octanol–water partition coefficient (Wildman–Crippen LogP) is 3.68. The van der Waals surface area contributed by atoms with Gasteiger partial charge in [-0.2, -0.15) is 5.10 Å². The first-order chi connectivity index (χ1) is 13.0. The molecule has 1 amide bonds. The minimum atomic E-state index is -0.0687. The topological polar surface area (TPSA) is 50.2 Å². The summed E-state index contributed by atoms with van der Waals surface area (Å²) < 4.78 is 1.74. The van der Waals surface area contributed by atoms with Crippen LogP contribution in [0.5, 0.6) is 0 Å². The van der Waals surface area contributed by atoms with Gasteiger partial charge in [-0.15, -0.1) is 0 Å². The smallest absolute Gasteiger partial charge is 0.254 e. The van der Waals surface area contributed by atoms with Crippen LogP contribution < -0.4 is 5.32 Å². The van der Waals surface area contributed by atoms with E-state index in [-0.39, 0.29) is 5.91 Å². The molecular formula is C21H29ClN4O. The molecule has 5 nitrogen and oxygen atoms in total. The van der Waals surface area contributed by atoms with E-state index in [9.17, 15) is 4.79 Å². The van der Waals surface area contributed by atoms with Gasteiger partial charge in [0.05, 0.1) is 18.3 Å². The second-order valence-electron chi connectivity index (χ2n) is 7.83. The Kier molecular flexibility index (Phi) is 6.91. The maximum Gasteiger partial charge on any atom is 0.254 e. The largest absolute Gasteiger partial charge is 0.352 e. The number of hydrogen-bond donors (Lipinski definition) is 1. The first-order valence-corrected chi connectivity index (χ1v) is 10.2. The lowest BCUT2D eigenvalue weighted by atomic mass is 9.92. The van der Waals surface area contributed by atoms with E-state index >= 15 is 0 Å². The van der Waals surface area contributed by atoms with Gasteiger partial charge in [0.15, 0.2) is 0 Å². The van der Waals surface area contributed by atoms with Gasteiger partial charge in [0, 0.05) is 30.9 Å². The Bertz CT molecular complexity index is 750. The fourth-order valence-corrected chi connectivity index (χ4v) is 4.15. The number of piperidine rings is 1. The average Bonchev–Trinajstić information content (AvgIpc) is 3.08. The summed E-state index contributed by atoms with van der Waals surface area (Å²) in [6.07, 6.45) is 5.68. The lowest BCUT2D eigenvalue weighted by Crippen LogP contribution is -2.40. The van der Waals surface area contributed by atoms with E-state index in [1.807, 2.05) is 24.3 Å². The van der Waals surface area contributed by atoms with Gasteiger partial charge in [0.1, 0.15) is 0 Å². The SMILES string of the molecule is CC1CC(C)CN(CCCNC(=O)c2cnn(Cc3ccccc3Cl)c2)C1. The van der Waals surface area contributed by atoms with Crippen LogP contribution in [-0.2, 0) is 6.54 Å². The van der Waals surface area contributed by atoms with E-state index in [0.717, 1.165) is 30.4 Å². The normalized spacial score (nSPS) is 20.6. The van der Waals surface area contributed by atoms with Gasteiger partial charge in [0.2, 0.25) is 0 Å². The molecule has 3 rings (SSSR count). The van der Waals surface area contributed by atoms with Crippen LogP contribution in [-0.4, -0.2) is 46.8 Å². The third-order valence-electron chi connectivity index (χ3n) is 5.07. The first-order valence-electron chi connectivity index (χ1n) is 9.77. The van der Waals surface area contributed by atoms with Crippen molar-refractivity contribution in [1.82, 2.24) is 20.0 Å². The summed E-state index contributed by atoms with van der Waals surface area (Å²) in [7, 11) is 0. The van der Waals surface area contributed by atoms with E-state index in [0.29, 0.717) is 23.7 Å². The van der Waals surface area contributed by atoms with Crippen molar-refractivity contribution in [3.63, 3.8) is 0 Å². The Morgan fingerprint density at radius 3 is 2.74 bits per heavy atom. The summed E-state index contributed by atoms with van der Waals surface area (Å²) in [5, 5.41) is 7.99. The number of amides is 1. The minimum absolute atomic E-state index is 0.0687. The lowest BCUT2D eigenvalue weighted by molar-refractivity contribution is 0.0947. The number of nitrogens with zero attached hydrogens (tertiary/aromatic N) is 3. The van der Waals surface area contributed by atoms with E-state index in [4.69, 9.17) is 11.6 Å². The van der Waals surface area contributed by atoms with Crippen LogP contribution in [0.15, 0.2) is 36.7 Å². The molecule has 27 heavy (non-hydrogen) atoms. The molecule has 0 bridgehead atoms. The number of carbonyl (C=O) groups excluding carboxylic acids is 1. The Hall–Kier alpha value is -1.85. The third-order valence-corrected chi connectivity index (χ3v) is 5.44. The minimum Gasteiger partial charge on any atom is -0.352 e. The fraction of sp³-hybridized carbons (Fsp3) is 0.524. The van der Waals surface area contributed by atoms with E-state index in [1.165, 1.54) is 19.5 Å². The van der Waals surface area contributed by atoms with Crippen LogP contribution >= 0.6 is 11.6 Å². The number of halogens is 1. The molecule has 0 spiro atoms. The molecule has 146 valence electrons. The number of aromatic nitrogens is 2. The molecule has 1 fully saturated rings. The van der Waals surface area contributed by atoms with Gasteiger partial charge in [0.25, 0.3) is 5.91 Å². The van der Waals surface area contributed by atoms with Gasteiger partial charge >= 0.3 is 0 Å². The van der Waals surface area contributed by atoms with Crippen molar-refractivity contribution < 1.29 is 4.79 Å². The molecule has 1 N–H and O–H groups in total. The Labute approximate surface area is 166 Å². The van der Waals surface area contributed by atoms with Crippen LogP contribution in [0.2, 0.25) is 5.02 Å². The zero-order valence-electron chi connectivity index (χ0n) is 16.2. The van der Waals surface area contributed by atoms with Gasteiger partial charge in [-0.1, -0.05) is 43.6 Å². The summed E-state index contributed by atoms with van der Waals surface area (Å²) in [4.78, 5) is 14.8. The second kappa shape index (κ2) is 9.38. The van der Waals surface area contributed by atoms with Gasteiger partial charge in [-0.3, -0.25) is 9.48 Å². The molecule has 2 aromatic rings. The molecule has 1 aliphatic rings. The molecule has 2 heterocycles. The van der Waals surface area contributed by atoms with Crippen LogP contribution in [0.4, 0.5) is 0 Å². The first kappa shape index (κ1) is 19.9. The molecule has 1 aromatic carbocycles. The molecule has 1 aliphatic heterocycles. The molecular weight excluding hydrogens is 360 g/mol. The Balaban J connectivity index is 1.42. The number of hydrogen-bond acceptors (Lipinski definition) is 3. The summed E-state index contributed by atoms with van der Waals surface area (Å²) in [5.41, 5.74) is 1.57. The molecule has 0 aliphatic carbocycles. The molecule has 1 aromatic heterocycles. The number of likely N-dealkylation sites (tertiary alicyclic amines) is 1. The van der Waals surface area contributed by atoms with E-state index in [1.54, 1.807) is 17.1 Å². The van der Waals surface area contributed by atoms with Crippen molar-refractivity contribution in [1.29, 1.82) is 0 Å². The van der Waals surface area contributed by atoms with Gasteiger partial charge in [-0.05, 0) is 42.9 Å². The maximum absolute atomic E-state index is 12.3. The average molecular weight is 389 g/mol. The van der Waals surface area contributed by atoms with Crippen molar-refractivity contribution >= 4 is 17.5 Å². The Morgan fingerprint density at radius 2 is 2.00 bits per heavy atom. The number of carbonyl (C=O) groups is 1. The third kappa shape index (κ3) is 5.81. The molecule has 2 atom stereocenters. The van der Waals surface area contributed by atoms with Crippen molar-refractivity contribution in [2.45, 2.75) is 33.2 Å². The van der Waals surface area contributed by atoms with Crippen molar-refractivity contribution in [2.24, 2.45) is 11.8 Å². The highest BCUT2D eigenvalue weighted by Crippen LogP contribution is 2.20. The van der Waals surface area contributed by atoms with E-state index < -0.39 is 0 Å². The van der Waals surface area contributed by atoms with E-state index in [2.05, 4.69) is 29.2 Å². The van der Waals surface area contributed by atoms with Crippen LogP contribution in [0.25, 0.3) is 0 Å². The molecule has 0 saturated carbocycles. The lowest BCUT2D eigenvalue weighted by Gasteiger charge is -2.34. The van der Waals surface area contributed by atoms with Crippen molar-refractivity contribution in [2.75, 3.05) is 26.2 Å². The van der Waals surface area contributed by atoms with Crippen LogP contribution in [0, 0.1) is 11.8 Å². The zero-order valence-corrected chi connectivity index (χ0v) is 17.0. The van der Waals surface area contributed by atoms with Crippen LogP contribution in [0.3, 0.4) is 0 Å². The van der Waals surface area contributed by atoms with Crippen LogP contribution in [0.1, 0.15) is 42.6 Å². The number of rotatable bonds is 7. The zero-order chi connectivity index (χ0) is 19.2. The summed E-state index contributed by atoms with van der Waals surface area (Å²) in [6, 6.07) is 7.67. The highest BCUT2D eigenvalue weighted by molar-refractivity contribution is 6.31. The van der Waals surface area contributed by atoms with Gasteiger partial charge in [-0.25, -0.2) is 0 Å². The molecule has 1 saturated heterocycles. The van der Waals surface area contributed by atoms with Gasteiger partial charge < -0.3 is 10.2 Å². The highest BCUT2D eigenvalue weighted by atomic mass is 35.5. The monoisotopic (exact) mass is 388 g/mol. The summed E-state index contributed by atoms with van der Waals surface area (Å²) in [6.45, 7) is 9.28. The van der Waals surface area contributed by atoms with Crippen molar-refractivity contribution in [3.8, 4) is 0 Å². The summed E-state index contributed by atoms with van der Waals surface area (Å²) in [5.74, 6) is 1.47. The molecule has 6 heteroatoms. The quantitative estimate of drug-likeness (QED) is 0.736. The Morgan fingerprint density at radius 1 is 1.26 bits per heavy atom. The highest BCUT2D eigenvalue weighted by Gasteiger charge is 2.21. The summed E-state index contributed by atoms with van der Waals surface area (Å²) >= 11 is 6.19. The molecule has 2 unspecified atom stereocenters. The fourth-order valence-electron chi connectivity index (χ4n) is 3.95. The standard InChI is InChI=1S/C21H29ClN4O/c1-16-10-17(2)13-25(12-16)9-5-8-23-21(27)19-11-24-26(15-19)14-18-6-3-4-7-20(18)22/h3-4,6-7,11,15-17H,5,8-10,12-14H2,1-2H3,(H,23,27). The predicted molar refractivity (Wildman–Crippen MR) is 109 cm³/mol.